The largest absolute Gasteiger partial charge is 0.506 e. The van der Waals surface area contributed by atoms with Gasteiger partial charge < -0.3 is 10.4 Å². The predicted octanol–water partition coefficient (Wildman–Crippen LogP) is 2.73. The molecular formula is C11H17NO. The van der Waals surface area contributed by atoms with Crippen molar-refractivity contribution in [2.24, 2.45) is 0 Å². The molecule has 2 nitrogen and oxygen atoms in total. The number of para-hydroxylation sites is 1. The lowest BCUT2D eigenvalue weighted by Gasteiger charge is -2.23. The second-order valence-corrected chi connectivity index (χ2v) is 4.20. The maximum absolute atomic E-state index is 9.59. The quantitative estimate of drug-likeness (QED) is 0.650. The summed E-state index contributed by atoms with van der Waals surface area (Å²) in [6.45, 7) is 6.38. The molecule has 0 radical (unpaired) electrons. The van der Waals surface area contributed by atoms with Crippen LogP contribution >= 0.6 is 0 Å². The van der Waals surface area contributed by atoms with Gasteiger partial charge in [0.25, 0.3) is 0 Å². The molecule has 72 valence electrons. The Morgan fingerprint density at radius 1 is 1.23 bits per heavy atom. The molecule has 1 aromatic carbocycles. The summed E-state index contributed by atoms with van der Waals surface area (Å²) < 4.78 is 0. The number of aromatic hydroxyl groups is 1. The molecule has 0 aliphatic heterocycles. The van der Waals surface area contributed by atoms with Crippen molar-refractivity contribution in [1.82, 2.24) is 0 Å². The van der Waals surface area contributed by atoms with E-state index in [0.29, 0.717) is 5.75 Å². The molecule has 2 N–H and O–H groups in total. The molecule has 0 aliphatic carbocycles. The molecule has 0 saturated heterocycles. The zero-order valence-electron chi connectivity index (χ0n) is 8.68. The fourth-order valence-corrected chi connectivity index (χ4v) is 1.43. The zero-order valence-corrected chi connectivity index (χ0v) is 8.68. The lowest BCUT2D eigenvalue weighted by Crippen LogP contribution is -2.13. The fraction of sp³-hybridized carbons (Fsp3) is 0.455. The normalized spacial score (nSPS) is 11.4. The highest BCUT2D eigenvalue weighted by molar-refractivity contribution is 5.63. The zero-order chi connectivity index (χ0) is 10.1. The van der Waals surface area contributed by atoms with Crippen molar-refractivity contribution in [3.8, 4) is 5.75 Å². The van der Waals surface area contributed by atoms with Crippen LogP contribution in [0.3, 0.4) is 0 Å². The SMILES string of the molecule is CNc1c(O)cccc1C(C)(C)C. The number of benzene rings is 1. The van der Waals surface area contributed by atoms with Gasteiger partial charge in [0.1, 0.15) is 5.75 Å². The molecule has 0 fully saturated rings. The molecule has 2 heteroatoms. The van der Waals surface area contributed by atoms with Crippen LogP contribution in [0.25, 0.3) is 0 Å². The summed E-state index contributed by atoms with van der Waals surface area (Å²) in [4.78, 5) is 0. The number of rotatable bonds is 1. The van der Waals surface area contributed by atoms with Crippen molar-refractivity contribution in [3.05, 3.63) is 23.8 Å². The van der Waals surface area contributed by atoms with E-state index in [1.807, 2.05) is 19.2 Å². The lowest BCUT2D eigenvalue weighted by molar-refractivity contribution is 0.474. The van der Waals surface area contributed by atoms with Gasteiger partial charge in [-0.1, -0.05) is 32.9 Å². The van der Waals surface area contributed by atoms with Gasteiger partial charge in [-0.3, -0.25) is 0 Å². The topological polar surface area (TPSA) is 32.3 Å². The lowest BCUT2D eigenvalue weighted by atomic mass is 9.85. The van der Waals surface area contributed by atoms with E-state index in [0.717, 1.165) is 11.3 Å². The highest BCUT2D eigenvalue weighted by atomic mass is 16.3. The van der Waals surface area contributed by atoms with Crippen LogP contribution in [0.2, 0.25) is 0 Å². The number of hydrogen-bond donors (Lipinski definition) is 2. The number of phenols is 1. The minimum absolute atomic E-state index is 0.0527. The van der Waals surface area contributed by atoms with Gasteiger partial charge in [0.2, 0.25) is 0 Å². The van der Waals surface area contributed by atoms with E-state index in [4.69, 9.17) is 0 Å². The van der Waals surface area contributed by atoms with E-state index in [1.54, 1.807) is 6.07 Å². The molecule has 0 unspecified atom stereocenters. The van der Waals surface area contributed by atoms with Crippen LogP contribution in [-0.2, 0) is 5.41 Å². The van der Waals surface area contributed by atoms with Crippen molar-refractivity contribution < 1.29 is 5.11 Å². The van der Waals surface area contributed by atoms with Crippen molar-refractivity contribution in [2.75, 3.05) is 12.4 Å². The summed E-state index contributed by atoms with van der Waals surface area (Å²) in [5.41, 5.74) is 2.02. The molecule has 1 aromatic rings. The second kappa shape index (κ2) is 3.29. The first-order valence-electron chi connectivity index (χ1n) is 4.47. The average molecular weight is 179 g/mol. The smallest absolute Gasteiger partial charge is 0.138 e. The Morgan fingerprint density at radius 3 is 2.23 bits per heavy atom. The van der Waals surface area contributed by atoms with E-state index in [2.05, 4.69) is 26.1 Å². The Hall–Kier alpha value is -1.18. The molecule has 0 aliphatic rings. The Bertz CT molecular complexity index is 299. The summed E-state index contributed by atoms with van der Waals surface area (Å²) in [6.07, 6.45) is 0. The van der Waals surface area contributed by atoms with Crippen LogP contribution in [0.5, 0.6) is 5.75 Å². The third kappa shape index (κ3) is 1.94. The Kier molecular flexibility index (Phi) is 2.50. The van der Waals surface area contributed by atoms with E-state index in [9.17, 15) is 5.11 Å². The van der Waals surface area contributed by atoms with Gasteiger partial charge in [0, 0.05) is 7.05 Å². The molecule has 0 aromatic heterocycles. The number of hydrogen-bond acceptors (Lipinski definition) is 2. The number of phenolic OH excluding ortho intramolecular Hbond substituents is 1. The molecule has 0 bridgehead atoms. The first-order chi connectivity index (χ1) is 5.96. The maximum Gasteiger partial charge on any atom is 0.138 e. The summed E-state index contributed by atoms with van der Waals surface area (Å²) in [6, 6.07) is 5.60. The summed E-state index contributed by atoms with van der Waals surface area (Å²) >= 11 is 0. The number of anilines is 1. The van der Waals surface area contributed by atoms with Crippen molar-refractivity contribution >= 4 is 5.69 Å². The van der Waals surface area contributed by atoms with Crippen LogP contribution in [0, 0.1) is 0 Å². The standard InChI is InChI=1S/C11H17NO/c1-11(2,3)8-6-5-7-9(13)10(8)12-4/h5-7,12-13H,1-4H3. The first-order valence-corrected chi connectivity index (χ1v) is 4.47. The third-order valence-electron chi connectivity index (χ3n) is 2.10. The van der Waals surface area contributed by atoms with Gasteiger partial charge in [-0.2, -0.15) is 0 Å². The van der Waals surface area contributed by atoms with E-state index in [1.165, 1.54) is 0 Å². The van der Waals surface area contributed by atoms with Gasteiger partial charge >= 0.3 is 0 Å². The third-order valence-corrected chi connectivity index (χ3v) is 2.10. The van der Waals surface area contributed by atoms with Crippen LogP contribution in [0.4, 0.5) is 5.69 Å². The van der Waals surface area contributed by atoms with Crippen molar-refractivity contribution in [3.63, 3.8) is 0 Å². The first kappa shape index (κ1) is 9.90. The second-order valence-electron chi connectivity index (χ2n) is 4.20. The summed E-state index contributed by atoms with van der Waals surface area (Å²) in [5.74, 6) is 0.315. The van der Waals surface area contributed by atoms with Gasteiger partial charge in [0.15, 0.2) is 0 Å². The summed E-state index contributed by atoms with van der Waals surface area (Å²) in [5, 5.41) is 12.6. The Morgan fingerprint density at radius 2 is 1.85 bits per heavy atom. The Balaban J connectivity index is 3.29. The van der Waals surface area contributed by atoms with Gasteiger partial charge in [-0.25, -0.2) is 0 Å². The van der Waals surface area contributed by atoms with Gasteiger partial charge in [-0.15, -0.1) is 0 Å². The minimum atomic E-state index is 0.0527. The highest BCUT2D eigenvalue weighted by Crippen LogP contribution is 2.34. The van der Waals surface area contributed by atoms with Crippen LogP contribution in [0.1, 0.15) is 26.3 Å². The molecule has 0 saturated carbocycles. The molecule has 0 heterocycles. The van der Waals surface area contributed by atoms with Crippen molar-refractivity contribution in [1.29, 1.82) is 0 Å². The molecule has 0 spiro atoms. The highest BCUT2D eigenvalue weighted by Gasteiger charge is 2.18. The van der Waals surface area contributed by atoms with Gasteiger partial charge in [-0.05, 0) is 17.0 Å². The molecule has 1 rings (SSSR count). The molecule has 0 atom stereocenters. The van der Waals surface area contributed by atoms with Crippen LogP contribution in [-0.4, -0.2) is 12.2 Å². The van der Waals surface area contributed by atoms with Crippen LogP contribution < -0.4 is 5.32 Å². The minimum Gasteiger partial charge on any atom is -0.506 e. The van der Waals surface area contributed by atoms with Gasteiger partial charge in [0.05, 0.1) is 5.69 Å². The molecule has 13 heavy (non-hydrogen) atoms. The predicted molar refractivity (Wildman–Crippen MR) is 56.4 cm³/mol. The van der Waals surface area contributed by atoms with E-state index >= 15 is 0 Å². The van der Waals surface area contributed by atoms with Crippen molar-refractivity contribution in [2.45, 2.75) is 26.2 Å². The average Bonchev–Trinajstić information content (AvgIpc) is 2.02. The molecular weight excluding hydrogens is 162 g/mol. The molecule has 0 amide bonds. The van der Waals surface area contributed by atoms with Crippen LogP contribution in [0.15, 0.2) is 18.2 Å². The maximum atomic E-state index is 9.59. The van der Waals surface area contributed by atoms with E-state index in [-0.39, 0.29) is 5.41 Å². The Labute approximate surface area is 79.6 Å². The monoisotopic (exact) mass is 179 g/mol. The van der Waals surface area contributed by atoms with E-state index < -0.39 is 0 Å². The fourth-order valence-electron chi connectivity index (χ4n) is 1.43. The number of nitrogens with one attached hydrogen (secondary N) is 1. The summed E-state index contributed by atoms with van der Waals surface area (Å²) in [7, 11) is 1.82.